The Balaban J connectivity index is 2.68. The highest BCUT2D eigenvalue weighted by Crippen LogP contribution is 2.33. The molecule has 0 aromatic heterocycles. The minimum absolute atomic E-state index is 0.417. The normalized spacial score (nSPS) is 11.9. The quantitative estimate of drug-likeness (QED) is 0.630. The van der Waals surface area contributed by atoms with Gasteiger partial charge in [-0.3, -0.25) is 0 Å². The van der Waals surface area contributed by atoms with Crippen LogP contribution in [0.2, 0.25) is 0 Å². The fraction of sp³-hybridized carbons (Fsp3) is 0.222. The average molecular weight is 230 g/mol. The molecule has 1 atom stereocenters. The number of benzene rings is 1. The van der Waals surface area contributed by atoms with E-state index in [0.717, 1.165) is 0 Å². The summed E-state index contributed by atoms with van der Waals surface area (Å²) in [6, 6.07) is 6.19. The number of hydrogen-bond acceptors (Lipinski definition) is 5. The molecular weight excluding hydrogens is 219 g/mol. The molecule has 5 nitrogen and oxygen atoms in total. The summed E-state index contributed by atoms with van der Waals surface area (Å²) in [4.78, 5) is 20.1. The highest BCUT2D eigenvalue weighted by molar-refractivity contribution is 7.41. The number of hydrogen-bond donors (Lipinski definition) is 1. The molecule has 0 aliphatic carbocycles. The lowest BCUT2D eigenvalue weighted by Gasteiger charge is -2.08. The Morgan fingerprint density at radius 1 is 1.27 bits per heavy atom. The molecule has 0 saturated heterocycles. The number of rotatable bonds is 4. The summed E-state index contributed by atoms with van der Waals surface area (Å²) in [7, 11) is 0.753. The van der Waals surface area contributed by atoms with Crippen molar-refractivity contribution < 1.29 is 23.5 Å². The van der Waals surface area contributed by atoms with Crippen molar-refractivity contribution in [2.45, 2.75) is 0 Å². The summed E-state index contributed by atoms with van der Waals surface area (Å²) in [5.41, 5.74) is 0.421. The molecule has 0 aliphatic heterocycles. The van der Waals surface area contributed by atoms with Crippen LogP contribution in [0, 0.1) is 0 Å². The van der Waals surface area contributed by atoms with E-state index in [1.54, 1.807) is 24.3 Å². The van der Waals surface area contributed by atoms with Crippen molar-refractivity contribution in [3.63, 3.8) is 0 Å². The second-order valence-electron chi connectivity index (χ2n) is 2.53. The van der Waals surface area contributed by atoms with Crippen molar-refractivity contribution in [1.82, 2.24) is 0 Å². The van der Waals surface area contributed by atoms with Gasteiger partial charge in [0.1, 0.15) is 5.75 Å². The smallest absolute Gasteiger partial charge is 0.394 e. The van der Waals surface area contributed by atoms with Gasteiger partial charge in [-0.25, -0.2) is 4.79 Å². The van der Waals surface area contributed by atoms with E-state index >= 15 is 0 Å². The zero-order chi connectivity index (χ0) is 11.3. The summed E-state index contributed by atoms with van der Waals surface area (Å²) in [6.45, 7) is 0. The molecule has 1 rings (SSSR count). The van der Waals surface area contributed by atoms with Crippen LogP contribution < -0.4 is 4.52 Å². The molecule has 82 valence electrons. The Kier molecular flexibility index (Phi) is 4.49. The van der Waals surface area contributed by atoms with Gasteiger partial charge in [0.2, 0.25) is 0 Å². The Hall–Kier alpha value is -1.16. The number of carbonyl (C=O) groups excluding carboxylic acids is 1. The molecule has 0 aliphatic rings. The van der Waals surface area contributed by atoms with Crippen LogP contribution in [0.25, 0.3) is 0 Å². The van der Waals surface area contributed by atoms with Gasteiger partial charge in [-0.15, -0.1) is 0 Å². The second-order valence-corrected chi connectivity index (χ2v) is 3.55. The number of carbonyl (C=O) groups is 1. The van der Waals surface area contributed by atoms with Crippen molar-refractivity contribution >= 4 is 14.6 Å². The monoisotopic (exact) mass is 230 g/mol. The van der Waals surface area contributed by atoms with E-state index in [4.69, 9.17) is 9.42 Å². The van der Waals surface area contributed by atoms with Gasteiger partial charge in [0.05, 0.1) is 12.7 Å². The highest BCUT2D eigenvalue weighted by Gasteiger charge is 2.08. The third-order valence-corrected chi connectivity index (χ3v) is 2.29. The van der Waals surface area contributed by atoms with Crippen LogP contribution >= 0.6 is 8.60 Å². The molecule has 0 saturated carbocycles. The van der Waals surface area contributed by atoms with Crippen molar-refractivity contribution in [3.8, 4) is 5.75 Å². The third-order valence-electron chi connectivity index (χ3n) is 1.62. The molecular formula is C9H11O5P. The minimum atomic E-state index is -1.90. The van der Waals surface area contributed by atoms with Crippen molar-refractivity contribution in [1.29, 1.82) is 0 Å². The highest BCUT2D eigenvalue weighted by atomic mass is 31.2. The first-order valence-corrected chi connectivity index (χ1v) is 5.20. The zero-order valence-corrected chi connectivity index (χ0v) is 9.23. The van der Waals surface area contributed by atoms with Gasteiger partial charge in [0.25, 0.3) is 0 Å². The van der Waals surface area contributed by atoms with E-state index in [2.05, 4.69) is 9.26 Å². The predicted octanol–water partition coefficient (Wildman–Crippen LogP) is 1.72. The molecule has 0 fully saturated rings. The van der Waals surface area contributed by atoms with Crippen LogP contribution in [0.3, 0.4) is 0 Å². The van der Waals surface area contributed by atoms with E-state index in [1.807, 2.05) is 0 Å². The van der Waals surface area contributed by atoms with Crippen LogP contribution in [-0.2, 0) is 9.26 Å². The van der Waals surface area contributed by atoms with E-state index in [1.165, 1.54) is 14.2 Å². The molecule has 0 radical (unpaired) electrons. The summed E-state index contributed by atoms with van der Waals surface area (Å²) in [5.74, 6) is 0.0117. The molecule has 1 unspecified atom stereocenters. The lowest BCUT2D eigenvalue weighted by molar-refractivity contribution is 0.0601. The van der Waals surface area contributed by atoms with Crippen molar-refractivity contribution in [2.24, 2.45) is 0 Å². The average Bonchev–Trinajstić information content (AvgIpc) is 2.29. The van der Waals surface area contributed by atoms with Gasteiger partial charge in [0.15, 0.2) is 0 Å². The van der Waals surface area contributed by atoms with Crippen molar-refractivity contribution in [2.75, 3.05) is 14.2 Å². The van der Waals surface area contributed by atoms with Gasteiger partial charge in [-0.05, 0) is 24.3 Å². The van der Waals surface area contributed by atoms with Gasteiger partial charge in [-0.1, -0.05) is 0 Å². The molecule has 0 spiro atoms. The molecule has 1 aromatic rings. The maximum absolute atomic E-state index is 11.1. The van der Waals surface area contributed by atoms with Gasteiger partial charge in [-0.2, -0.15) is 0 Å². The second kappa shape index (κ2) is 5.66. The van der Waals surface area contributed by atoms with Crippen LogP contribution in [0.4, 0.5) is 0 Å². The number of ether oxygens (including phenoxy) is 1. The lowest BCUT2D eigenvalue weighted by Crippen LogP contribution is -2.00. The topological polar surface area (TPSA) is 65.0 Å². The van der Waals surface area contributed by atoms with Crippen molar-refractivity contribution in [3.05, 3.63) is 29.8 Å². The first-order valence-electron chi connectivity index (χ1n) is 4.07. The van der Waals surface area contributed by atoms with E-state index in [9.17, 15) is 4.79 Å². The maximum Gasteiger partial charge on any atom is 0.394 e. The van der Waals surface area contributed by atoms with Gasteiger partial charge in [0, 0.05) is 7.11 Å². The fourth-order valence-corrected chi connectivity index (χ4v) is 1.27. The molecule has 1 N–H and O–H groups in total. The molecule has 0 bridgehead atoms. The Morgan fingerprint density at radius 2 is 1.87 bits per heavy atom. The summed E-state index contributed by atoms with van der Waals surface area (Å²) >= 11 is 0. The first kappa shape index (κ1) is 11.9. The summed E-state index contributed by atoms with van der Waals surface area (Å²) < 4.78 is 14.1. The lowest BCUT2D eigenvalue weighted by atomic mass is 10.2. The van der Waals surface area contributed by atoms with E-state index in [-0.39, 0.29) is 0 Å². The number of methoxy groups -OCH3 is 1. The molecule has 1 aromatic carbocycles. The molecule has 15 heavy (non-hydrogen) atoms. The van der Waals surface area contributed by atoms with E-state index in [0.29, 0.717) is 11.3 Å². The third kappa shape index (κ3) is 3.47. The SMILES string of the molecule is COC(=O)c1ccc(OP(O)OC)cc1. The molecule has 0 heterocycles. The van der Waals surface area contributed by atoms with Crippen LogP contribution in [0.1, 0.15) is 10.4 Å². The summed E-state index contributed by atoms with van der Waals surface area (Å²) in [5, 5.41) is 0. The van der Waals surface area contributed by atoms with Gasteiger partial charge < -0.3 is 18.7 Å². The fourth-order valence-electron chi connectivity index (χ4n) is 0.897. The Bertz CT molecular complexity index is 324. The molecule has 0 amide bonds. The number of esters is 1. The van der Waals surface area contributed by atoms with Crippen LogP contribution in [0.5, 0.6) is 5.75 Å². The first-order chi connectivity index (χ1) is 7.17. The van der Waals surface area contributed by atoms with Gasteiger partial charge >= 0.3 is 14.6 Å². The predicted molar refractivity (Wildman–Crippen MR) is 54.6 cm³/mol. The van der Waals surface area contributed by atoms with Crippen LogP contribution in [0.15, 0.2) is 24.3 Å². The largest absolute Gasteiger partial charge is 0.465 e. The van der Waals surface area contributed by atoms with E-state index < -0.39 is 14.6 Å². The summed E-state index contributed by atoms with van der Waals surface area (Å²) in [6.07, 6.45) is 0. The minimum Gasteiger partial charge on any atom is -0.465 e. The Morgan fingerprint density at radius 3 is 2.33 bits per heavy atom. The Labute approximate surface area is 88.6 Å². The van der Waals surface area contributed by atoms with Crippen LogP contribution in [-0.4, -0.2) is 25.1 Å². The zero-order valence-electron chi connectivity index (χ0n) is 8.34. The standard InChI is InChI=1S/C9H11O5P/c1-12-9(10)7-3-5-8(6-4-7)14-15(11)13-2/h3-6,11H,1-2H3. The molecule has 6 heteroatoms. The maximum atomic E-state index is 11.1.